The number of nitrogen functional groups attached to an aromatic ring is 1. The SMILES string of the molecule is Cc1ccc(-c2nn(Cc3nnc(Nc4ccc(F)cc4)s3)c(=O)n2N)cc1. The molecule has 2 aromatic heterocycles. The van der Waals surface area contributed by atoms with Crippen molar-refractivity contribution in [1.82, 2.24) is 24.7 Å². The van der Waals surface area contributed by atoms with Gasteiger partial charge < -0.3 is 11.2 Å². The highest BCUT2D eigenvalue weighted by Crippen LogP contribution is 2.21. The van der Waals surface area contributed by atoms with E-state index in [0.29, 0.717) is 21.7 Å². The quantitative estimate of drug-likeness (QED) is 0.502. The van der Waals surface area contributed by atoms with Crippen LogP contribution in [0.5, 0.6) is 0 Å². The molecule has 0 fully saturated rings. The first-order valence-electron chi connectivity index (χ1n) is 8.36. The molecule has 0 aliphatic heterocycles. The molecule has 4 rings (SSSR count). The number of anilines is 2. The molecule has 0 unspecified atom stereocenters. The van der Waals surface area contributed by atoms with Gasteiger partial charge in [-0.1, -0.05) is 41.2 Å². The maximum Gasteiger partial charge on any atom is 0.365 e. The first-order valence-corrected chi connectivity index (χ1v) is 9.18. The van der Waals surface area contributed by atoms with Gasteiger partial charge >= 0.3 is 5.69 Å². The van der Waals surface area contributed by atoms with Crippen molar-refractivity contribution in [3.8, 4) is 11.4 Å². The monoisotopic (exact) mass is 397 g/mol. The number of rotatable bonds is 5. The van der Waals surface area contributed by atoms with Gasteiger partial charge in [0.2, 0.25) is 5.13 Å². The molecule has 0 saturated carbocycles. The lowest BCUT2D eigenvalue weighted by atomic mass is 10.1. The van der Waals surface area contributed by atoms with Crippen LogP contribution in [0.2, 0.25) is 0 Å². The predicted octanol–water partition coefficient (Wildman–Crippen LogP) is 2.52. The highest BCUT2D eigenvalue weighted by molar-refractivity contribution is 7.15. The number of nitrogens with zero attached hydrogens (tertiary/aromatic N) is 5. The first-order chi connectivity index (χ1) is 13.5. The van der Waals surface area contributed by atoms with Crippen molar-refractivity contribution < 1.29 is 4.39 Å². The second-order valence-corrected chi connectivity index (χ2v) is 7.19. The zero-order valence-electron chi connectivity index (χ0n) is 14.8. The molecule has 0 atom stereocenters. The Kier molecular flexibility index (Phi) is 4.62. The van der Waals surface area contributed by atoms with E-state index in [9.17, 15) is 9.18 Å². The molecule has 142 valence electrons. The molecule has 2 heterocycles. The number of nitrogens with one attached hydrogen (secondary N) is 1. The largest absolute Gasteiger partial charge is 0.365 e. The van der Waals surface area contributed by atoms with Crippen LogP contribution in [-0.2, 0) is 6.54 Å². The normalized spacial score (nSPS) is 10.9. The Morgan fingerprint density at radius 3 is 2.54 bits per heavy atom. The van der Waals surface area contributed by atoms with E-state index in [1.165, 1.54) is 28.2 Å². The molecule has 2 aromatic carbocycles. The number of hydrogen-bond acceptors (Lipinski definition) is 7. The van der Waals surface area contributed by atoms with E-state index in [-0.39, 0.29) is 12.4 Å². The van der Waals surface area contributed by atoms with Crippen molar-refractivity contribution in [2.45, 2.75) is 13.5 Å². The molecule has 0 amide bonds. The van der Waals surface area contributed by atoms with Crippen molar-refractivity contribution in [1.29, 1.82) is 0 Å². The van der Waals surface area contributed by atoms with E-state index >= 15 is 0 Å². The van der Waals surface area contributed by atoms with Gasteiger partial charge in [0.05, 0.1) is 0 Å². The highest BCUT2D eigenvalue weighted by Gasteiger charge is 2.15. The molecule has 3 N–H and O–H groups in total. The molecule has 0 bridgehead atoms. The topological polar surface area (TPSA) is 104 Å². The van der Waals surface area contributed by atoms with Crippen LogP contribution in [0.25, 0.3) is 11.4 Å². The summed E-state index contributed by atoms with van der Waals surface area (Å²) in [6.45, 7) is 2.12. The van der Waals surface area contributed by atoms with Gasteiger partial charge in [-0.15, -0.1) is 15.3 Å². The zero-order valence-corrected chi connectivity index (χ0v) is 15.7. The predicted molar refractivity (Wildman–Crippen MR) is 106 cm³/mol. The average Bonchev–Trinajstić information content (AvgIpc) is 3.24. The third-order valence-corrected chi connectivity index (χ3v) is 4.85. The molecule has 0 radical (unpaired) electrons. The summed E-state index contributed by atoms with van der Waals surface area (Å²) in [4.78, 5) is 12.4. The lowest BCUT2D eigenvalue weighted by Crippen LogP contribution is -2.30. The van der Waals surface area contributed by atoms with Gasteiger partial charge in [0.25, 0.3) is 0 Å². The summed E-state index contributed by atoms with van der Waals surface area (Å²) in [7, 11) is 0. The Balaban J connectivity index is 1.54. The molecular formula is C18H16FN7OS. The fraction of sp³-hybridized carbons (Fsp3) is 0.111. The molecule has 0 spiro atoms. The molecule has 10 heteroatoms. The van der Waals surface area contributed by atoms with Gasteiger partial charge in [-0.3, -0.25) is 0 Å². The van der Waals surface area contributed by atoms with Crippen molar-refractivity contribution in [2.75, 3.05) is 11.2 Å². The Bertz CT molecular complexity index is 1160. The maximum absolute atomic E-state index is 13.0. The van der Waals surface area contributed by atoms with E-state index in [1.807, 2.05) is 31.2 Å². The van der Waals surface area contributed by atoms with Crippen LogP contribution in [0, 0.1) is 12.7 Å². The summed E-state index contributed by atoms with van der Waals surface area (Å²) >= 11 is 1.27. The van der Waals surface area contributed by atoms with Gasteiger partial charge in [0, 0.05) is 11.3 Å². The second-order valence-electron chi connectivity index (χ2n) is 6.13. The molecule has 0 saturated heterocycles. The van der Waals surface area contributed by atoms with Gasteiger partial charge in [-0.25, -0.2) is 13.9 Å². The average molecular weight is 397 g/mol. The lowest BCUT2D eigenvalue weighted by Gasteiger charge is -2.00. The number of nitrogens with two attached hydrogens (primary N) is 1. The molecular weight excluding hydrogens is 381 g/mol. The second kappa shape index (κ2) is 7.24. The molecule has 0 aliphatic rings. The summed E-state index contributed by atoms with van der Waals surface area (Å²) in [5.74, 6) is 5.95. The number of benzene rings is 2. The fourth-order valence-electron chi connectivity index (χ4n) is 2.58. The van der Waals surface area contributed by atoms with Crippen molar-refractivity contribution >= 4 is 22.2 Å². The van der Waals surface area contributed by atoms with Crippen LogP contribution in [0.15, 0.2) is 53.3 Å². The standard InChI is InChI=1S/C18H16FN7OS/c1-11-2-4-12(5-3-11)16-24-25(18(27)26(16)20)10-15-22-23-17(28-15)21-14-8-6-13(19)7-9-14/h2-9H,10,20H2,1H3,(H,21,23). The number of halogens is 1. The Labute approximate surface area is 163 Å². The van der Waals surface area contributed by atoms with Gasteiger partial charge in [-0.05, 0) is 31.2 Å². The Morgan fingerprint density at radius 1 is 1.11 bits per heavy atom. The number of aromatic nitrogens is 5. The van der Waals surface area contributed by atoms with Crippen LogP contribution in [0.4, 0.5) is 15.2 Å². The van der Waals surface area contributed by atoms with Crippen LogP contribution in [0.3, 0.4) is 0 Å². The summed E-state index contributed by atoms with van der Waals surface area (Å²) < 4.78 is 15.2. The van der Waals surface area contributed by atoms with Crippen LogP contribution >= 0.6 is 11.3 Å². The fourth-order valence-corrected chi connectivity index (χ4v) is 3.32. The summed E-state index contributed by atoms with van der Waals surface area (Å²) in [5.41, 5.74) is 2.09. The van der Waals surface area contributed by atoms with Gasteiger partial charge in [-0.2, -0.15) is 4.68 Å². The zero-order chi connectivity index (χ0) is 19.7. The Morgan fingerprint density at radius 2 is 1.82 bits per heavy atom. The maximum atomic E-state index is 13.0. The van der Waals surface area contributed by atoms with E-state index < -0.39 is 5.69 Å². The van der Waals surface area contributed by atoms with Crippen molar-refractivity contribution in [3.05, 3.63) is 75.4 Å². The van der Waals surface area contributed by atoms with Crippen LogP contribution in [-0.4, -0.2) is 24.7 Å². The number of hydrogen-bond donors (Lipinski definition) is 2. The lowest BCUT2D eigenvalue weighted by molar-refractivity contribution is 0.628. The smallest absolute Gasteiger partial charge is 0.333 e. The minimum Gasteiger partial charge on any atom is -0.333 e. The summed E-state index contributed by atoms with van der Waals surface area (Å²) in [6.07, 6.45) is 0. The minimum atomic E-state index is -0.446. The highest BCUT2D eigenvalue weighted by atomic mass is 32.1. The van der Waals surface area contributed by atoms with E-state index in [1.54, 1.807) is 12.1 Å². The van der Waals surface area contributed by atoms with E-state index in [4.69, 9.17) is 5.84 Å². The Hall–Kier alpha value is -3.53. The van der Waals surface area contributed by atoms with E-state index in [0.717, 1.165) is 15.8 Å². The molecule has 28 heavy (non-hydrogen) atoms. The first kappa shape index (κ1) is 17.9. The van der Waals surface area contributed by atoms with Crippen LogP contribution in [0.1, 0.15) is 10.6 Å². The van der Waals surface area contributed by atoms with Gasteiger partial charge in [0.1, 0.15) is 17.4 Å². The summed E-state index contributed by atoms with van der Waals surface area (Å²) in [5, 5.41) is 16.6. The summed E-state index contributed by atoms with van der Waals surface area (Å²) in [6, 6.07) is 13.5. The third kappa shape index (κ3) is 3.62. The van der Waals surface area contributed by atoms with Crippen LogP contribution < -0.4 is 16.8 Å². The third-order valence-electron chi connectivity index (χ3n) is 4.03. The molecule has 8 nitrogen and oxygen atoms in total. The van der Waals surface area contributed by atoms with Gasteiger partial charge in [0.15, 0.2) is 5.82 Å². The van der Waals surface area contributed by atoms with E-state index in [2.05, 4.69) is 20.6 Å². The molecule has 0 aliphatic carbocycles. The molecule has 4 aromatic rings. The minimum absolute atomic E-state index is 0.144. The van der Waals surface area contributed by atoms with Crippen molar-refractivity contribution in [3.63, 3.8) is 0 Å². The number of aryl methyl sites for hydroxylation is 1. The van der Waals surface area contributed by atoms with Crippen molar-refractivity contribution in [2.24, 2.45) is 0 Å².